The zero-order valence-electron chi connectivity index (χ0n) is 10.8. The van der Waals surface area contributed by atoms with Gasteiger partial charge >= 0.3 is 0 Å². The summed E-state index contributed by atoms with van der Waals surface area (Å²) in [5.41, 5.74) is 2.06. The molecule has 2 rings (SSSR count). The Balaban J connectivity index is 2.48. The van der Waals surface area contributed by atoms with Gasteiger partial charge in [0, 0.05) is 11.1 Å². The molecule has 0 spiro atoms. The zero-order valence-corrected chi connectivity index (χ0v) is 12.3. The van der Waals surface area contributed by atoms with Crippen LogP contribution in [0.4, 0.5) is 0 Å². The highest BCUT2D eigenvalue weighted by atomic mass is 35.5. The molecule has 2 aromatic rings. The SMILES string of the molecule is CCCCC(C)n1c(CCl)nc2ccc(Cl)cc21. The summed E-state index contributed by atoms with van der Waals surface area (Å²) in [4.78, 5) is 4.57. The van der Waals surface area contributed by atoms with Crippen LogP contribution in [-0.2, 0) is 5.88 Å². The monoisotopic (exact) mass is 284 g/mol. The number of unbranched alkanes of at least 4 members (excludes halogenated alkanes) is 1. The van der Waals surface area contributed by atoms with E-state index in [0.717, 1.165) is 28.3 Å². The fourth-order valence-electron chi connectivity index (χ4n) is 2.33. The average molecular weight is 285 g/mol. The van der Waals surface area contributed by atoms with E-state index < -0.39 is 0 Å². The van der Waals surface area contributed by atoms with Crippen LogP contribution in [0.1, 0.15) is 45.0 Å². The van der Waals surface area contributed by atoms with Gasteiger partial charge in [-0.3, -0.25) is 0 Å². The van der Waals surface area contributed by atoms with Crippen molar-refractivity contribution in [3.05, 3.63) is 29.0 Å². The van der Waals surface area contributed by atoms with E-state index in [4.69, 9.17) is 23.2 Å². The van der Waals surface area contributed by atoms with Gasteiger partial charge in [-0.15, -0.1) is 11.6 Å². The molecule has 0 radical (unpaired) electrons. The van der Waals surface area contributed by atoms with Crippen LogP contribution < -0.4 is 0 Å². The van der Waals surface area contributed by atoms with Crippen molar-refractivity contribution in [2.45, 2.75) is 45.0 Å². The molecule has 0 aliphatic heterocycles. The molecule has 1 atom stereocenters. The van der Waals surface area contributed by atoms with E-state index in [1.54, 1.807) is 0 Å². The van der Waals surface area contributed by atoms with Crippen molar-refractivity contribution in [2.24, 2.45) is 0 Å². The number of nitrogens with zero attached hydrogens (tertiary/aromatic N) is 2. The van der Waals surface area contributed by atoms with Crippen molar-refractivity contribution in [3.8, 4) is 0 Å². The van der Waals surface area contributed by atoms with Gasteiger partial charge in [0.1, 0.15) is 5.82 Å². The summed E-state index contributed by atoms with van der Waals surface area (Å²) < 4.78 is 2.23. The van der Waals surface area contributed by atoms with Crippen LogP contribution in [0.15, 0.2) is 18.2 Å². The second-order valence-corrected chi connectivity index (χ2v) is 5.36. The number of halogens is 2. The number of imidazole rings is 1. The lowest BCUT2D eigenvalue weighted by Crippen LogP contribution is -2.08. The second kappa shape index (κ2) is 5.94. The minimum atomic E-state index is 0.405. The molecule has 1 aromatic heterocycles. The van der Waals surface area contributed by atoms with E-state index in [1.807, 2.05) is 18.2 Å². The van der Waals surface area contributed by atoms with Gasteiger partial charge in [-0.1, -0.05) is 31.4 Å². The highest BCUT2D eigenvalue weighted by Gasteiger charge is 2.15. The van der Waals surface area contributed by atoms with Gasteiger partial charge in [0.05, 0.1) is 16.9 Å². The van der Waals surface area contributed by atoms with Gasteiger partial charge in [-0.2, -0.15) is 0 Å². The van der Waals surface area contributed by atoms with Crippen LogP contribution in [0.3, 0.4) is 0 Å². The molecule has 0 amide bonds. The zero-order chi connectivity index (χ0) is 13.1. The van der Waals surface area contributed by atoms with Gasteiger partial charge in [-0.25, -0.2) is 4.98 Å². The molecule has 1 aromatic carbocycles. The predicted octanol–water partition coefficient (Wildman–Crippen LogP) is 5.18. The summed E-state index contributed by atoms with van der Waals surface area (Å²) in [6.45, 7) is 4.42. The Kier molecular flexibility index (Phi) is 4.52. The summed E-state index contributed by atoms with van der Waals surface area (Å²) in [6.07, 6.45) is 3.55. The Bertz CT molecular complexity index is 534. The maximum Gasteiger partial charge on any atom is 0.125 e. The van der Waals surface area contributed by atoms with Gasteiger partial charge in [-0.05, 0) is 31.5 Å². The van der Waals surface area contributed by atoms with Gasteiger partial charge in [0.2, 0.25) is 0 Å². The van der Waals surface area contributed by atoms with E-state index in [-0.39, 0.29) is 0 Å². The molecule has 0 fully saturated rings. The fraction of sp³-hybridized carbons (Fsp3) is 0.500. The molecule has 0 saturated carbocycles. The van der Waals surface area contributed by atoms with Crippen molar-refractivity contribution in [2.75, 3.05) is 0 Å². The summed E-state index contributed by atoms with van der Waals surface area (Å²) in [6, 6.07) is 6.21. The lowest BCUT2D eigenvalue weighted by molar-refractivity contribution is 0.485. The van der Waals surface area contributed by atoms with Crippen molar-refractivity contribution in [3.63, 3.8) is 0 Å². The molecular formula is C14H18Cl2N2. The van der Waals surface area contributed by atoms with E-state index in [9.17, 15) is 0 Å². The molecule has 0 N–H and O–H groups in total. The third-order valence-corrected chi connectivity index (χ3v) is 3.73. The van der Waals surface area contributed by atoms with Crippen molar-refractivity contribution in [1.29, 1.82) is 0 Å². The van der Waals surface area contributed by atoms with Gasteiger partial charge in [0.15, 0.2) is 0 Å². The maximum atomic E-state index is 6.08. The first kappa shape index (κ1) is 13.7. The average Bonchev–Trinajstić information content (AvgIpc) is 2.73. The number of benzene rings is 1. The van der Waals surface area contributed by atoms with Crippen LogP contribution in [0, 0.1) is 0 Å². The summed E-state index contributed by atoms with van der Waals surface area (Å²) in [7, 11) is 0. The first-order valence-corrected chi connectivity index (χ1v) is 7.31. The van der Waals surface area contributed by atoms with Gasteiger partial charge < -0.3 is 4.57 Å². The maximum absolute atomic E-state index is 6.08. The first-order valence-electron chi connectivity index (χ1n) is 6.39. The Morgan fingerprint density at radius 3 is 2.83 bits per heavy atom. The third kappa shape index (κ3) is 2.65. The highest BCUT2D eigenvalue weighted by molar-refractivity contribution is 6.31. The number of aromatic nitrogens is 2. The fourth-order valence-corrected chi connectivity index (χ4v) is 2.69. The van der Waals surface area contributed by atoms with Crippen LogP contribution in [0.2, 0.25) is 5.02 Å². The number of hydrogen-bond donors (Lipinski definition) is 0. The Morgan fingerprint density at radius 1 is 1.39 bits per heavy atom. The number of alkyl halides is 1. The Labute approximate surface area is 118 Å². The van der Waals surface area contributed by atoms with Crippen LogP contribution >= 0.6 is 23.2 Å². The molecule has 0 aliphatic carbocycles. The smallest absolute Gasteiger partial charge is 0.125 e. The minimum Gasteiger partial charge on any atom is -0.324 e. The van der Waals surface area contributed by atoms with Gasteiger partial charge in [0.25, 0.3) is 0 Å². The van der Waals surface area contributed by atoms with E-state index in [1.165, 1.54) is 12.8 Å². The number of hydrogen-bond acceptors (Lipinski definition) is 1. The molecule has 98 valence electrons. The Hall–Kier alpha value is -0.730. The van der Waals surface area contributed by atoms with E-state index in [2.05, 4.69) is 23.4 Å². The van der Waals surface area contributed by atoms with Crippen LogP contribution in [-0.4, -0.2) is 9.55 Å². The van der Waals surface area contributed by atoms with Crippen molar-refractivity contribution >= 4 is 34.2 Å². The topological polar surface area (TPSA) is 17.8 Å². The largest absolute Gasteiger partial charge is 0.324 e. The highest BCUT2D eigenvalue weighted by Crippen LogP contribution is 2.27. The number of rotatable bonds is 5. The lowest BCUT2D eigenvalue weighted by atomic mass is 10.1. The molecule has 0 saturated heterocycles. The van der Waals surface area contributed by atoms with Crippen molar-refractivity contribution in [1.82, 2.24) is 9.55 Å². The lowest BCUT2D eigenvalue weighted by Gasteiger charge is -2.16. The standard InChI is InChI=1S/C14H18Cl2N2/c1-3-4-5-10(2)18-13-8-11(16)6-7-12(13)17-14(18)9-15/h6-8,10H,3-5,9H2,1-2H3. The molecule has 1 unspecified atom stereocenters. The quantitative estimate of drug-likeness (QED) is 0.692. The molecule has 18 heavy (non-hydrogen) atoms. The summed E-state index contributed by atoms with van der Waals surface area (Å²) in [5, 5.41) is 0.743. The third-order valence-electron chi connectivity index (χ3n) is 3.26. The molecule has 0 aliphatic rings. The molecule has 1 heterocycles. The van der Waals surface area contributed by atoms with E-state index >= 15 is 0 Å². The molecule has 0 bridgehead atoms. The van der Waals surface area contributed by atoms with Crippen LogP contribution in [0.5, 0.6) is 0 Å². The van der Waals surface area contributed by atoms with Crippen LogP contribution in [0.25, 0.3) is 11.0 Å². The van der Waals surface area contributed by atoms with Crippen molar-refractivity contribution < 1.29 is 0 Å². The normalized spacial score (nSPS) is 13.1. The van der Waals surface area contributed by atoms with E-state index in [0.29, 0.717) is 11.9 Å². The Morgan fingerprint density at radius 2 is 2.17 bits per heavy atom. The molecule has 2 nitrogen and oxygen atoms in total. The molecule has 4 heteroatoms. The summed E-state index contributed by atoms with van der Waals surface area (Å²) >= 11 is 12.1. The predicted molar refractivity (Wildman–Crippen MR) is 78.5 cm³/mol. The number of fused-ring (bicyclic) bond motifs is 1. The molecular weight excluding hydrogens is 267 g/mol. The second-order valence-electron chi connectivity index (χ2n) is 4.66. The first-order chi connectivity index (χ1) is 8.67. The summed E-state index contributed by atoms with van der Waals surface area (Å²) in [5.74, 6) is 1.36. The minimum absolute atomic E-state index is 0.405.